The van der Waals surface area contributed by atoms with Crippen LogP contribution in [0.1, 0.15) is 12.5 Å². The van der Waals surface area contributed by atoms with E-state index in [1.54, 1.807) is 0 Å². The van der Waals surface area contributed by atoms with Crippen LogP contribution in [0, 0.1) is 23.3 Å². The lowest BCUT2D eigenvalue weighted by Gasteiger charge is -2.25. The van der Waals surface area contributed by atoms with E-state index in [1.807, 2.05) is 4.90 Å². The lowest BCUT2D eigenvalue weighted by molar-refractivity contribution is -0.114. The fourth-order valence-electron chi connectivity index (χ4n) is 2.93. The number of amides is 1. The zero-order chi connectivity index (χ0) is 21.7. The van der Waals surface area contributed by atoms with Crippen LogP contribution in [0.2, 0.25) is 0 Å². The maximum atomic E-state index is 14.4. The van der Waals surface area contributed by atoms with Gasteiger partial charge in [-0.1, -0.05) is 18.2 Å². The van der Waals surface area contributed by atoms with Crippen molar-refractivity contribution in [1.82, 2.24) is 4.90 Å². The second-order valence-corrected chi connectivity index (χ2v) is 6.63. The van der Waals surface area contributed by atoms with Crippen LogP contribution in [0.15, 0.2) is 30.3 Å². The summed E-state index contributed by atoms with van der Waals surface area (Å²) in [5.41, 5.74) is -0.526. The fraction of sp³-hybridized carbons (Fsp3) is 0.286. The number of halogens is 4. The number of nitrogens with zero attached hydrogens (tertiary/aromatic N) is 1. The van der Waals surface area contributed by atoms with Gasteiger partial charge in [0.05, 0.1) is 18.8 Å². The minimum absolute atomic E-state index is 0.103. The Morgan fingerprint density at radius 1 is 1.13 bits per heavy atom. The van der Waals surface area contributed by atoms with Gasteiger partial charge in [0.2, 0.25) is 23.3 Å². The summed E-state index contributed by atoms with van der Waals surface area (Å²) < 4.78 is 68.0. The van der Waals surface area contributed by atoms with Crippen LogP contribution in [0.25, 0.3) is 6.08 Å². The van der Waals surface area contributed by atoms with E-state index >= 15 is 0 Å². The summed E-state index contributed by atoms with van der Waals surface area (Å²) in [5, 5.41) is 2.47. The Hall–Kier alpha value is -2.91. The topological polar surface area (TPSA) is 50.8 Å². The maximum absolute atomic E-state index is 14.4. The Kier molecular flexibility index (Phi) is 7.07. The SMILES string of the molecule is CC(=O)Nc1cccc(Oc2c(F)c(F)c(/C=C/CN3CCOCC3)c(F)c2F)c1. The molecule has 2 aromatic carbocycles. The third-order valence-electron chi connectivity index (χ3n) is 4.38. The van der Waals surface area contributed by atoms with Crippen molar-refractivity contribution >= 4 is 17.7 Å². The van der Waals surface area contributed by atoms with Gasteiger partial charge in [-0.05, 0) is 12.1 Å². The first-order valence-corrected chi connectivity index (χ1v) is 9.25. The van der Waals surface area contributed by atoms with Gasteiger partial charge in [0.25, 0.3) is 0 Å². The van der Waals surface area contributed by atoms with Crippen molar-refractivity contribution in [3.8, 4) is 11.5 Å². The van der Waals surface area contributed by atoms with Gasteiger partial charge in [0, 0.05) is 38.3 Å². The molecule has 1 aliphatic heterocycles. The highest BCUT2D eigenvalue weighted by atomic mass is 19.2. The monoisotopic (exact) mass is 424 g/mol. The summed E-state index contributed by atoms with van der Waals surface area (Å²) in [4.78, 5) is 13.1. The van der Waals surface area contributed by atoms with Crippen LogP contribution in [-0.4, -0.2) is 43.7 Å². The van der Waals surface area contributed by atoms with Gasteiger partial charge in [-0.25, -0.2) is 8.78 Å². The number of carbonyl (C=O) groups is 1. The first-order valence-electron chi connectivity index (χ1n) is 9.25. The Morgan fingerprint density at radius 3 is 2.43 bits per heavy atom. The molecule has 1 fully saturated rings. The lowest BCUT2D eigenvalue weighted by atomic mass is 10.1. The standard InChI is InChI=1S/C21H20F4N2O3/c1-13(28)26-14-4-2-5-15(12-14)30-21-19(24)17(22)16(18(23)20(21)25)6-3-7-27-8-10-29-11-9-27/h2-6,12H,7-11H2,1H3,(H,26,28)/b6-3+. The van der Waals surface area contributed by atoms with E-state index < -0.39 is 34.6 Å². The van der Waals surface area contributed by atoms with E-state index in [4.69, 9.17) is 9.47 Å². The van der Waals surface area contributed by atoms with E-state index in [0.717, 1.165) is 6.08 Å². The van der Waals surface area contributed by atoms with Crippen molar-refractivity contribution < 1.29 is 31.8 Å². The Balaban J connectivity index is 1.82. The van der Waals surface area contributed by atoms with E-state index in [0.29, 0.717) is 38.5 Å². The Morgan fingerprint density at radius 2 is 1.80 bits per heavy atom. The second-order valence-electron chi connectivity index (χ2n) is 6.63. The molecule has 3 rings (SSSR count). The number of anilines is 1. The fourth-order valence-corrected chi connectivity index (χ4v) is 2.93. The van der Waals surface area contributed by atoms with Gasteiger partial charge in [-0.2, -0.15) is 8.78 Å². The molecule has 2 aromatic rings. The quantitative estimate of drug-likeness (QED) is 0.554. The van der Waals surface area contributed by atoms with Crippen LogP contribution in [-0.2, 0) is 9.53 Å². The molecule has 1 N–H and O–H groups in total. The number of nitrogens with one attached hydrogen (secondary N) is 1. The molecule has 1 aliphatic rings. The first kappa shape index (κ1) is 21.8. The molecule has 0 atom stereocenters. The highest BCUT2D eigenvalue weighted by Crippen LogP contribution is 2.34. The highest BCUT2D eigenvalue weighted by Gasteiger charge is 2.26. The molecule has 5 nitrogen and oxygen atoms in total. The van der Waals surface area contributed by atoms with Gasteiger partial charge >= 0.3 is 0 Å². The van der Waals surface area contributed by atoms with Crippen molar-refractivity contribution in [2.24, 2.45) is 0 Å². The molecular weight excluding hydrogens is 404 g/mol. The molecule has 0 radical (unpaired) electrons. The summed E-state index contributed by atoms with van der Waals surface area (Å²) >= 11 is 0. The van der Waals surface area contributed by atoms with Crippen LogP contribution >= 0.6 is 0 Å². The normalized spacial score (nSPS) is 14.8. The molecule has 0 unspecified atom stereocenters. The summed E-state index contributed by atoms with van der Waals surface area (Å²) in [6.45, 7) is 4.05. The van der Waals surface area contributed by atoms with E-state index in [-0.39, 0.29) is 11.7 Å². The molecule has 9 heteroatoms. The van der Waals surface area contributed by atoms with Crippen LogP contribution in [0.5, 0.6) is 11.5 Å². The molecule has 0 spiro atoms. The molecule has 0 aromatic heterocycles. The van der Waals surface area contributed by atoms with Gasteiger partial charge in [0.1, 0.15) is 5.75 Å². The average molecular weight is 424 g/mol. The number of benzene rings is 2. The van der Waals surface area contributed by atoms with E-state index in [2.05, 4.69) is 5.32 Å². The second kappa shape index (κ2) is 9.73. The first-order chi connectivity index (χ1) is 14.4. The summed E-state index contributed by atoms with van der Waals surface area (Å²) in [6.07, 6.45) is 2.44. The molecule has 30 heavy (non-hydrogen) atoms. The number of carbonyl (C=O) groups excluding carboxylic acids is 1. The molecule has 1 heterocycles. The van der Waals surface area contributed by atoms with Crippen LogP contribution < -0.4 is 10.1 Å². The molecule has 1 saturated heterocycles. The summed E-state index contributed by atoms with van der Waals surface area (Å²) in [7, 11) is 0. The van der Waals surface area contributed by atoms with Crippen LogP contribution in [0.4, 0.5) is 23.2 Å². The smallest absolute Gasteiger partial charge is 0.221 e. The molecule has 0 saturated carbocycles. The summed E-state index contributed by atoms with van der Waals surface area (Å²) in [5.74, 6) is -8.08. The maximum Gasteiger partial charge on any atom is 0.221 e. The number of hydrogen-bond acceptors (Lipinski definition) is 4. The average Bonchev–Trinajstić information content (AvgIpc) is 2.73. The van der Waals surface area contributed by atoms with Crippen molar-refractivity contribution in [2.45, 2.75) is 6.92 Å². The van der Waals surface area contributed by atoms with Gasteiger partial charge in [-0.15, -0.1) is 0 Å². The van der Waals surface area contributed by atoms with E-state index in [1.165, 1.54) is 37.3 Å². The van der Waals surface area contributed by atoms with E-state index in [9.17, 15) is 22.4 Å². The van der Waals surface area contributed by atoms with Gasteiger partial charge < -0.3 is 14.8 Å². The highest BCUT2D eigenvalue weighted by molar-refractivity contribution is 5.88. The third-order valence-corrected chi connectivity index (χ3v) is 4.38. The molecule has 0 bridgehead atoms. The lowest BCUT2D eigenvalue weighted by Crippen LogP contribution is -2.36. The minimum Gasteiger partial charge on any atom is -0.451 e. The van der Waals surface area contributed by atoms with Gasteiger partial charge in [-0.3, -0.25) is 9.69 Å². The molecule has 1 amide bonds. The number of hydrogen-bond donors (Lipinski definition) is 1. The Labute approximate surface area is 170 Å². The molecular formula is C21H20F4N2O3. The predicted molar refractivity (Wildman–Crippen MR) is 103 cm³/mol. The predicted octanol–water partition coefficient (Wildman–Crippen LogP) is 4.34. The molecule has 160 valence electrons. The van der Waals surface area contributed by atoms with Crippen molar-refractivity contribution in [1.29, 1.82) is 0 Å². The zero-order valence-corrected chi connectivity index (χ0v) is 16.2. The van der Waals surface area contributed by atoms with Crippen LogP contribution in [0.3, 0.4) is 0 Å². The third kappa shape index (κ3) is 5.17. The van der Waals surface area contributed by atoms with Crippen molar-refractivity contribution in [2.75, 3.05) is 38.2 Å². The zero-order valence-electron chi connectivity index (χ0n) is 16.2. The largest absolute Gasteiger partial charge is 0.451 e. The molecule has 0 aliphatic carbocycles. The minimum atomic E-state index is -1.65. The van der Waals surface area contributed by atoms with Crippen molar-refractivity contribution in [3.05, 3.63) is 59.2 Å². The number of rotatable bonds is 6. The number of ether oxygens (including phenoxy) is 2. The van der Waals surface area contributed by atoms with Gasteiger partial charge in [0.15, 0.2) is 11.6 Å². The Bertz CT molecular complexity index is 931. The summed E-state index contributed by atoms with van der Waals surface area (Å²) in [6, 6.07) is 5.57. The van der Waals surface area contributed by atoms with Crippen molar-refractivity contribution in [3.63, 3.8) is 0 Å². The number of morpholine rings is 1.